The third-order valence-corrected chi connectivity index (χ3v) is 5.27. The van der Waals surface area contributed by atoms with Crippen LogP contribution in [0.4, 0.5) is 0 Å². The second-order valence-corrected chi connectivity index (χ2v) is 7.21. The molecule has 3 rings (SSSR count). The van der Waals surface area contributed by atoms with E-state index in [1.165, 1.54) is 0 Å². The minimum absolute atomic E-state index is 0.0937. The average molecular weight is 300 g/mol. The highest BCUT2D eigenvalue weighted by molar-refractivity contribution is 7.91. The van der Waals surface area contributed by atoms with Gasteiger partial charge in [-0.3, -0.25) is 0 Å². The summed E-state index contributed by atoms with van der Waals surface area (Å²) < 4.78 is 26.4. The lowest BCUT2D eigenvalue weighted by atomic mass is 10.1. The lowest BCUT2D eigenvalue weighted by molar-refractivity contribution is 0.597. The van der Waals surface area contributed by atoms with Crippen molar-refractivity contribution in [3.63, 3.8) is 0 Å². The number of hydrogen-bond acceptors (Lipinski definition) is 3. The van der Waals surface area contributed by atoms with Gasteiger partial charge in [-0.05, 0) is 30.7 Å². The first-order chi connectivity index (χ1) is 10.0. The van der Waals surface area contributed by atoms with Crippen molar-refractivity contribution in [3.05, 3.63) is 54.5 Å². The standard InChI is InChI=1S/C16H16N2O2S/c1-3-21(19,20)15-7-5-4-6-14(15)13-8-9-16-17-12(2)10-18(16)11-13/h4-11H,3H2,1-2H3. The molecular weight excluding hydrogens is 284 g/mol. The van der Waals surface area contributed by atoms with Crippen LogP contribution in [0.2, 0.25) is 0 Å². The van der Waals surface area contributed by atoms with Crippen molar-refractivity contribution >= 4 is 15.5 Å². The van der Waals surface area contributed by atoms with E-state index in [4.69, 9.17) is 0 Å². The Morgan fingerprint density at radius 1 is 1.10 bits per heavy atom. The first-order valence-corrected chi connectivity index (χ1v) is 8.44. The van der Waals surface area contributed by atoms with Crippen molar-refractivity contribution in [2.45, 2.75) is 18.7 Å². The largest absolute Gasteiger partial charge is 0.306 e. The van der Waals surface area contributed by atoms with Crippen LogP contribution >= 0.6 is 0 Å². The predicted octanol–water partition coefficient (Wildman–Crippen LogP) is 3.10. The molecule has 0 amide bonds. The van der Waals surface area contributed by atoms with Crippen molar-refractivity contribution < 1.29 is 8.42 Å². The monoisotopic (exact) mass is 300 g/mol. The number of benzene rings is 1. The second kappa shape index (κ2) is 5.00. The molecule has 0 saturated heterocycles. The Morgan fingerprint density at radius 3 is 2.62 bits per heavy atom. The highest BCUT2D eigenvalue weighted by atomic mass is 32.2. The zero-order chi connectivity index (χ0) is 15.0. The molecule has 0 saturated carbocycles. The predicted molar refractivity (Wildman–Crippen MR) is 83.1 cm³/mol. The molecule has 108 valence electrons. The molecule has 0 aliphatic rings. The summed E-state index contributed by atoms with van der Waals surface area (Å²) >= 11 is 0. The van der Waals surface area contributed by atoms with Gasteiger partial charge in [0.25, 0.3) is 0 Å². The zero-order valence-electron chi connectivity index (χ0n) is 11.9. The summed E-state index contributed by atoms with van der Waals surface area (Å²) in [5.74, 6) is 0.0937. The SMILES string of the molecule is CCS(=O)(=O)c1ccccc1-c1ccc2nc(C)cn2c1. The molecule has 2 heterocycles. The fourth-order valence-corrected chi connectivity index (χ4v) is 3.53. The van der Waals surface area contributed by atoms with E-state index in [9.17, 15) is 8.42 Å². The van der Waals surface area contributed by atoms with Crippen molar-refractivity contribution in [1.82, 2.24) is 9.38 Å². The molecule has 0 bridgehead atoms. The van der Waals surface area contributed by atoms with Gasteiger partial charge in [-0.15, -0.1) is 0 Å². The Hall–Kier alpha value is -2.14. The summed E-state index contributed by atoms with van der Waals surface area (Å²) in [6.07, 6.45) is 3.84. The van der Waals surface area contributed by atoms with Crippen molar-refractivity contribution in [1.29, 1.82) is 0 Å². The fraction of sp³-hybridized carbons (Fsp3) is 0.188. The van der Waals surface area contributed by atoms with Crippen LogP contribution in [0.25, 0.3) is 16.8 Å². The number of hydrogen-bond donors (Lipinski definition) is 0. The van der Waals surface area contributed by atoms with E-state index in [2.05, 4.69) is 4.98 Å². The summed E-state index contributed by atoms with van der Waals surface area (Å²) in [6.45, 7) is 3.59. The first-order valence-electron chi connectivity index (χ1n) is 6.79. The van der Waals surface area contributed by atoms with E-state index < -0.39 is 9.84 Å². The van der Waals surface area contributed by atoms with Crippen molar-refractivity contribution in [2.24, 2.45) is 0 Å². The van der Waals surface area contributed by atoms with E-state index >= 15 is 0 Å². The fourth-order valence-electron chi connectivity index (χ4n) is 2.41. The van der Waals surface area contributed by atoms with Crippen LogP contribution < -0.4 is 0 Å². The minimum atomic E-state index is -3.25. The maximum atomic E-state index is 12.2. The molecule has 0 N–H and O–H groups in total. The van der Waals surface area contributed by atoms with Crippen molar-refractivity contribution in [3.8, 4) is 11.1 Å². The molecule has 0 spiro atoms. The third kappa shape index (κ3) is 2.45. The lowest BCUT2D eigenvalue weighted by Gasteiger charge is -2.09. The smallest absolute Gasteiger partial charge is 0.178 e. The first kappa shape index (κ1) is 13.8. The molecular formula is C16H16N2O2S. The van der Waals surface area contributed by atoms with Crippen LogP contribution in [0, 0.1) is 6.92 Å². The van der Waals surface area contributed by atoms with Crippen LogP contribution in [0.5, 0.6) is 0 Å². The number of sulfone groups is 1. The number of nitrogens with zero attached hydrogens (tertiary/aromatic N) is 2. The highest BCUT2D eigenvalue weighted by Gasteiger charge is 2.17. The number of aryl methyl sites for hydroxylation is 1. The van der Waals surface area contributed by atoms with Gasteiger partial charge in [0.1, 0.15) is 5.65 Å². The van der Waals surface area contributed by atoms with Crippen LogP contribution in [0.15, 0.2) is 53.7 Å². The summed E-state index contributed by atoms with van der Waals surface area (Å²) in [7, 11) is -3.25. The second-order valence-electron chi connectivity index (χ2n) is 4.97. The molecule has 3 aromatic rings. The van der Waals surface area contributed by atoms with E-state index in [0.717, 1.165) is 22.5 Å². The van der Waals surface area contributed by atoms with E-state index in [-0.39, 0.29) is 5.75 Å². The number of pyridine rings is 1. The minimum Gasteiger partial charge on any atom is -0.306 e. The maximum Gasteiger partial charge on any atom is 0.178 e. The van der Waals surface area contributed by atoms with E-state index in [1.807, 2.05) is 48.0 Å². The Kier molecular flexibility index (Phi) is 3.29. The lowest BCUT2D eigenvalue weighted by Crippen LogP contribution is -2.05. The van der Waals surface area contributed by atoms with Gasteiger partial charge >= 0.3 is 0 Å². The molecule has 0 unspecified atom stereocenters. The van der Waals surface area contributed by atoms with Gasteiger partial charge in [-0.25, -0.2) is 13.4 Å². The molecule has 0 atom stereocenters. The zero-order valence-corrected chi connectivity index (χ0v) is 12.8. The van der Waals surface area contributed by atoms with Gasteiger partial charge < -0.3 is 4.40 Å². The summed E-state index contributed by atoms with van der Waals surface area (Å²) in [5, 5.41) is 0. The quantitative estimate of drug-likeness (QED) is 0.747. The van der Waals surface area contributed by atoms with Gasteiger partial charge in [0.05, 0.1) is 16.3 Å². The molecule has 0 radical (unpaired) electrons. The molecule has 21 heavy (non-hydrogen) atoms. The molecule has 4 nitrogen and oxygen atoms in total. The molecule has 1 aromatic carbocycles. The number of aromatic nitrogens is 2. The van der Waals surface area contributed by atoms with Crippen molar-refractivity contribution in [2.75, 3.05) is 5.75 Å². The number of rotatable bonds is 3. The molecule has 2 aromatic heterocycles. The highest BCUT2D eigenvalue weighted by Crippen LogP contribution is 2.28. The topological polar surface area (TPSA) is 51.4 Å². The average Bonchev–Trinajstić information content (AvgIpc) is 2.86. The van der Waals surface area contributed by atoms with Gasteiger partial charge in [-0.2, -0.15) is 0 Å². The molecule has 0 aliphatic carbocycles. The maximum absolute atomic E-state index is 12.2. The Balaban J connectivity index is 2.23. The van der Waals surface area contributed by atoms with Crippen LogP contribution in [0.1, 0.15) is 12.6 Å². The number of imidazole rings is 1. The van der Waals surface area contributed by atoms with Crippen LogP contribution in [0.3, 0.4) is 0 Å². The number of fused-ring (bicyclic) bond motifs is 1. The summed E-state index contributed by atoms with van der Waals surface area (Å²) in [6, 6.07) is 10.9. The van der Waals surface area contributed by atoms with Gasteiger partial charge in [0.15, 0.2) is 9.84 Å². The van der Waals surface area contributed by atoms with Crippen LogP contribution in [-0.4, -0.2) is 23.6 Å². The molecule has 0 aliphatic heterocycles. The van der Waals surface area contributed by atoms with Crippen LogP contribution in [-0.2, 0) is 9.84 Å². The Bertz CT molecular complexity index is 911. The molecule has 0 fully saturated rings. The van der Waals surface area contributed by atoms with Gasteiger partial charge in [0, 0.05) is 18.0 Å². The van der Waals surface area contributed by atoms with Gasteiger partial charge in [-0.1, -0.05) is 25.1 Å². The van der Waals surface area contributed by atoms with E-state index in [1.54, 1.807) is 19.1 Å². The van der Waals surface area contributed by atoms with E-state index in [0.29, 0.717) is 4.90 Å². The molecule has 5 heteroatoms. The normalized spacial score (nSPS) is 11.9. The Labute approximate surface area is 124 Å². The summed E-state index contributed by atoms with van der Waals surface area (Å²) in [5.41, 5.74) is 3.38. The summed E-state index contributed by atoms with van der Waals surface area (Å²) in [4.78, 5) is 4.76. The third-order valence-electron chi connectivity index (χ3n) is 3.48. The van der Waals surface area contributed by atoms with Gasteiger partial charge in [0.2, 0.25) is 0 Å². The Morgan fingerprint density at radius 2 is 1.86 bits per heavy atom.